The van der Waals surface area contributed by atoms with Crippen LogP contribution in [0.3, 0.4) is 0 Å². The lowest BCUT2D eigenvalue weighted by Crippen LogP contribution is -2.18. The average Bonchev–Trinajstić information content (AvgIpc) is 2.42. The Kier molecular flexibility index (Phi) is 6.08. The van der Waals surface area contributed by atoms with Crippen LogP contribution in [0.4, 0.5) is 11.4 Å². The molecule has 19 heavy (non-hydrogen) atoms. The smallest absolute Gasteiger partial charge is 0.275 e. The average molecular weight is 268 g/mol. The number of methoxy groups -OCH3 is 1. The predicted molar refractivity (Wildman–Crippen MR) is 73.8 cm³/mol. The van der Waals surface area contributed by atoms with Crippen molar-refractivity contribution in [3.8, 4) is 5.75 Å². The first-order chi connectivity index (χ1) is 9.06. The van der Waals surface area contributed by atoms with Crippen molar-refractivity contribution in [3.05, 3.63) is 28.3 Å². The van der Waals surface area contributed by atoms with Crippen LogP contribution in [0.25, 0.3) is 0 Å². The van der Waals surface area contributed by atoms with Crippen molar-refractivity contribution in [2.75, 3.05) is 25.6 Å². The van der Waals surface area contributed by atoms with E-state index in [2.05, 4.69) is 5.32 Å². The lowest BCUT2D eigenvalue weighted by molar-refractivity contribution is -0.384. The first-order valence-corrected chi connectivity index (χ1v) is 6.25. The van der Waals surface area contributed by atoms with Crippen molar-refractivity contribution in [2.24, 2.45) is 0 Å². The highest BCUT2D eigenvalue weighted by atomic mass is 16.6. The van der Waals surface area contributed by atoms with E-state index >= 15 is 0 Å². The number of nitrogens with zero attached hydrogens (tertiary/aromatic N) is 1. The Hall–Kier alpha value is -1.82. The number of nitro benzene ring substituents is 1. The van der Waals surface area contributed by atoms with Crippen LogP contribution in [0.15, 0.2) is 18.2 Å². The Morgan fingerprint density at radius 1 is 1.42 bits per heavy atom. The van der Waals surface area contributed by atoms with Crippen LogP contribution in [0.5, 0.6) is 5.75 Å². The minimum atomic E-state index is -0.427. The normalized spacial score (nSPS) is 11.9. The number of non-ortho nitro benzene ring substituents is 1. The third-order valence-electron chi connectivity index (χ3n) is 2.57. The van der Waals surface area contributed by atoms with E-state index in [-0.39, 0.29) is 11.8 Å². The van der Waals surface area contributed by atoms with Gasteiger partial charge in [-0.05, 0) is 13.3 Å². The molecule has 0 aliphatic heterocycles. The molecule has 0 fully saturated rings. The highest BCUT2D eigenvalue weighted by molar-refractivity contribution is 5.56. The summed E-state index contributed by atoms with van der Waals surface area (Å²) in [4.78, 5) is 10.4. The van der Waals surface area contributed by atoms with Crippen molar-refractivity contribution in [3.63, 3.8) is 0 Å². The molecule has 1 rings (SSSR count). The molecule has 6 heteroatoms. The summed E-state index contributed by atoms with van der Waals surface area (Å²) >= 11 is 0. The summed E-state index contributed by atoms with van der Waals surface area (Å²) in [7, 11) is 1.62. The minimum Gasteiger partial charge on any atom is -0.493 e. The number of rotatable bonds is 8. The summed E-state index contributed by atoms with van der Waals surface area (Å²) in [5.74, 6) is 0.503. The standard InChI is InChI=1S/C13H20N2O4/c1-4-5-19-13-7-11(14-9-10(2)18-3)6-12(8-13)15(16)17/h6-8,10,14H,4-5,9H2,1-3H3. The number of anilines is 1. The van der Waals surface area contributed by atoms with Gasteiger partial charge in [-0.3, -0.25) is 10.1 Å². The van der Waals surface area contributed by atoms with Gasteiger partial charge in [0.15, 0.2) is 0 Å². The van der Waals surface area contributed by atoms with Crippen LogP contribution in [-0.4, -0.2) is 31.3 Å². The third kappa shape index (κ3) is 5.13. The zero-order valence-electron chi connectivity index (χ0n) is 11.5. The molecule has 1 unspecified atom stereocenters. The van der Waals surface area contributed by atoms with E-state index in [1.807, 2.05) is 13.8 Å². The molecule has 1 N–H and O–H groups in total. The second-order valence-corrected chi connectivity index (χ2v) is 4.25. The van der Waals surface area contributed by atoms with Crippen molar-refractivity contribution in [2.45, 2.75) is 26.4 Å². The van der Waals surface area contributed by atoms with E-state index in [9.17, 15) is 10.1 Å². The maximum atomic E-state index is 10.9. The van der Waals surface area contributed by atoms with Gasteiger partial charge in [0.25, 0.3) is 5.69 Å². The SMILES string of the molecule is CCCOc1cc(NCC(C)OC)cc([N+](=O)[O-])c1. The van der Waals surface area contributed by atoms with E-state index in [4.69, 9.17) is 9.47 Å². The first-order valence-electron chi connectivity index (χ1n) is 6.25. The van der Waals surface area contributed by atoms with E-state index in [0.717, 1.165) is 6.42 Å². The Morgan fingerprint density at radius 2 is 2.16 bits per heavy atom. The predicted octanol–water partition coefficient (Wildman–Crippen LogP) is 2.83. The maximum Gasteiger partial charge on any atom is 0.275 e. The van der Waals surface area contributed by atoms with Crippen molar-refractivity contribution < 1.29 is 14.4 Å². The largest absolute Gasteiger partial charge is 0.493 e. The van der Waals surface area contributed by atoms with Gasteiger partial charge < -0.3 is 14.8 Å². The van der Waals surface area contributed by atoms with E-state index in [1.54, 1.807) is 13.2 Å². The summed E-state index contributed by atoms with van der Waals surface area (Å²) in [5.41, 5.74) is 0.672. The zero-order chi connectivity index (χ0) is 14.3. The molecule has 0 radical (unpaired) electrons. The fourth-order valence-corrected chi connectivity index (χ4v) is 1.44. The van der Waals surface area contributed by atoms with Crippen LogP contribution in [0.2, 0.25) is 0 Å². The van der Waals surface area contributed by atoms with Crippen LogP contribution >= 0.6 is 0 Å². The zero-order valence-corrected chi connectivity index (χ0v) is 11.5. The van der Waals surface area contributed by atoms with Crippen molar-refractivity contribution in [1.29, 1.82) is 0 Å². The molecule has 0 saturated carbocycles. The van der Waals surface area contributed by atoms with Gasteiger partial charge in [-0.1, -0.05) is 6.92 Å². The molecule has 0 amide bonds. The molecule has 0 heterocycles. The number of hydrogen-bond donors (Lipinski definition) is 1. The molecule has 1 aromatic carbocycles. The van der Waals surface area contributed by atoms with E-state index in [1.165, 1.54) is 12.1 Å². The van der Waals surface area contributed by atoms with Crippen LogP contribution in [0, 0.1) is 10.1 Å². The topological polar surface area (TPSA) is 73.6 Å². The third-order valence-corrected chi connectivity index (χ3v) is 2.57. The van der Waals surface area contributed by atoms with Gasteiger partial charge in [0.05, 0.1) is 23.7 Å². The van der Waals surface area contributed by atoms with Crippen LogP contribution < -0.4 is 10.1 Å². The fourth-order valence-electron chi connectivity index (χ4n) is 1.44. The fraction of sp³-hybridized carbons (Fsp3) is 0.538. The summed E-state index contributed by atoms with van der Waals surface area (Å²) in [6.45, 7) is 5.01. The number of benzene rings is 1. The van der Waals surface area contributed by atoms with Gasteiger partial charge in [0.1, 0.15) is 5.75 Å². The van der Waals surface area contributed by atoms with Gasteiger partial charge in [0.2, 0.25) is 0 Å². The van der Waals surface area contributed by atoms with Crippen LogP contribution in [0.1, 0.15) is 20.3 Å². The Labute approximate surface area is 112 Å². The van der Waals surface area contributed by atoms with E-state index < -0.39 is 4.92 Å². The molecule has 6 nitrogen and oxygen atoms in total. The summed E-state index contributed by atoms with van der Waals surface area (Å²) < 4.78 is 10.6. The van der Waals surface area contributed by atoms with Gasteiger partial charge in [0, 0.05) is 31.5 Å². The molecule has 0 saturated heterocycles. The molecule has 0 aromatic heterocycles. The van der Waals surface area contributed by atoms with E-state index in [0.29, 0.717) is 24.6 Å². The summed E-state index contributed by atoms with van der Waals surface area (Å²) in [5, 5.41) is 14.0. The molecular weight excluding hydrogens is 248 g/mol. The number of nitro groups is 1. The first kappa shape index (κ1) is 15.2. The number of nitrogens with one attached hydrogen (secondary N) is 1. The quantitative estimate of drug-likeness (QED) is 0.579. The lowest BCUT2D eigenvalue weighted by atomic mass is 10.2. The molecule has 1 atom stereocenters. The summed E-state index contributed by atoms with van der Waals surface area (Å²) in [6, 6.07) is 4.67. The minimum absolute atomic E-state index is 0.0150. The van der Waals surface area contributed by atoms with Gasteiger partial charge in [-0.2, -0.15) is 0 Å². The second kappa shape index (κ2) is 7.58. The second-order valence-electron chi connectivity index (χ2n) is 4.25. The highest BCUT2D eigenvalue weighted by Crippen LogP contribution is 2.26. The molecule has 0 bridgehead atoms. The molecule has 0 aliphatic carbocycles. The molecular formula is C13H20N2O4. The van der Waals surface area contributed by atoms with Gasteiger partial charge >= 0.3 is 0 Å². The van der Waals surface area contributed by atoms with Crippen LogP contribution in [-0.2, 0) is 4.74 Å². The highest BCUT2D eigenvalue weighted by Gasteiger charge is 2.11. The monoisotopic (exact) mass is 268 g/mol. The van der Waals surface area contributed by atoms with Crippen molar-refractivity contribution in [1.82, 2.24) is 0 Å². The van der Waals surface area contributed by atoms with Crippen molar-refractivity contribution >= 4 is 11.4 Å². The molecule has 0 aliphatic rings. The Bertz CT molecular complexity index is 423. The Morgan fingerprint density at radius 3 is 2.74 bits per heavy atom. The van der Waals surface area contributed by atoms with Gasteiger partial charge in [-0.15, -0.1) is 0 Å². The number of ether oxygens (including phenoxy) is 2. The number of hydrogen-bond acceptors (Lipinski definition) is 5. The molecule has 106 valence electrons. The lowest BCUT2D eigenvalue weighted by Gasteiger charge is -2.13. The summed E-state index contributed by atoms with van der Waals surface area (Å²) in [6.07, 6.45) is 0.880. The maximum absolute atomic E-state index is 10.9. The van der Waals surface area contributed by atoms with Gasteiger partial charge in [-0.25, -0.2) is 0 Å². The Balaban J connectivity index is 2.83. The molecule has 0 spiro atoms. The molecule has 1 aromatic rings.